The van der Waals surface area contributed by atoms with Crippen LogP contribution in [0.15, 0.2) is 36.7 Å². The summed E-state index contributed by atoms with van der Waals surface area (Å²) < 4.78 is 13.5. The van der Waals surface area contributed by atoms with Crippen molar-refractivity contribution >= 4 is 29.2 Å². The molecular weight excluding hydrogens is 287 g/mol. The van der Waals surface area contributed by atoms with Gasteiger partial charge in [-0.1, -0.05) is 17.7 Å². The van der Waals surface area contributed by atoms with Crippen LogP contribution in [0.2, 0.25) is 5.02 Å². The Morgan fingerprint density at radius 1 is 1.30 bits per heavy atom. The summed E-state index contributed by atoms with van der Waals surface area (Å²) in [4.78, 5) is 26.7. The lowest BCUT2D eigenvalue weighted by molar-refractivity contribution is 0.0693. The maximum absolute atomic E-state index is 13.5. The third kappa shape index (κ3) is 2.75. The monoisotopic (exact) mass is 294 g/mol. The molecule has 0 aliphatic heterocycles. The zero-order valence-electron chi connectivity index (χ0n) is 9.93. The van der Waals surface area contributed by atoms with E-state index in [9.17, 15) is 14.0 Å². The second-order valence-corrected chi connectivity index (χ2v) is 4.18. The predicted octanol–water partition coefficient (Wildman–Crippen LogP) is 2.82. The number of aromatic nitrogens is 1. The highest BCUT2D eigenvalue weighted by molar-refractivity contribution is 6.34. The van der Waals surface area contributed by atoms with Gasteiger partial charge in [0.05, 0.1) is 16.3 Å². The molecule has 7 heteroatoms. The van der Waals surface area contributed by atoms with Gasteiger partial charge < -0.3 is 10.4 Å². The summed E-state index contributed by atoms with van der Waals surface area (Å²) >= 11 is 5.81. The van der Waals surface area contributed by atoms with Crippen LogP contribution in [0, 0.1) is 5.82 Å². The number of benzene rings is 1. The van der Waals surface area contributed by atoms with E-state index in [1.807, 2.05) is 0 Å². The zero-order valence-corrected chi connectivity index (χ0v) is 10.7. The Kier molecular flexibility index (Phi) is 3.95. The van der Waals surface area contributed by atoms with Crippen molar-refractivity contribution < 1.29 is 19.1 Å². The smallest absolute Gasteiger partial charge is 0.340 e. The fourth-order valence-corrected chi connectivity index (χ4v) is 1.80. The van der Waals surface area contributed by atoms with Gasteiger partial charge in [-0.15, -0.1) is 0 Å². The van der Waals surface area contributed by atoms with Crippen LogP contribution in [0.25, 0.3) is 0 Å². The first-order chi connectivity index (χ1) is 9.50. The standard InChI is InChI=1S/C13H8ClFN2O3/c14-8-6-16-5-4-7(8)12(18)17-10-3-1-2-9(15)11(10)13(19)20/h1-6H,(H,17,18)(H,19,20). The summed E-state index contributed by atoms with van der Waals surface area (Å²) in [6, 6.07) is 4.96. The molecule has 1 heterocycles. The summed E-state index contributed by atoms with van der Waals surface area (Å²) in [5, 5.41) is 11.4. The molecule has 1 amide bonds. The number of nitrogens with one attached hydrogen (secondary N) is 1. The number of pyridine rings is 1. The van der Waals surface area contributed by atoms with Crippen molar-refractivity contribution in [2.75, 3.05) is 5.32 Å². The van der Waals surface area contributed by atoms with E-state index in [4.69, 9.17) is 16.7 Å². The number of carboxylic acid groups (broad SMARTS) is 1. The maximum Gasteiger partial charge on any atom is 0.340 e. The van der Waals surface area contributed by atoms with E-state index in [1.54, 1.807) is 0 Å². The van der Waals surface area contributed by atoms with Crippen molar-refractivity contribution in [2.24, 2.45) is 0 Å². The molecule has 0 unspecified atom stereocenters. The number of carboxylic acids is 1. The quantitative estimate of drug-likeness (QED) is 0.912. The Balaban J connectivity index is 2.36. The van der Waals surface area contributed by atoms with Crippen molar-refractivity contribution in [3.8, 4) is 0 Å². The van der Waals surface area contributed by atoms with Gasteiger partial charge in [-0.25, -0.2) is 9.18 Å². The normalized spacial score (nSPS) is 10.1. The molecule has 0 radical (unpaired) electrons. The Morgan fingerprint density at radius 2 is 2.05 bits per heavy atom. The number of hydrogen-bond acceptors (Lipinski definition) is 3. The fraction of sp³-hybridized carbons (Fsp3) is 0. The van der Waals surface area contributed by atoms with Gasteiger partial charge >= 0.3 is 5.97 Å². The molecule has 1 aromatic heterocycles. The summed E-state index contributed by atoms with van der Waals surface area (Å²) in [7, 11) is 0. The molecule has 102 valence electrons. The van der Waals surface area contributed by atoms with Gasteiger partial charge in [-0.05, 0) is 18.2 Å². The molecule has 0 fully saturated rings. The van der Waals surface area contributed by atoms with E-state index in [0.29, 0.717) is 0 Å². The van der Waals surface area contributed by atoms with Crippen molar-refractivity contribution in [3.05, 3.63) is 58.6 Å². The molecule has 5 nitrogen and oxygen atoms in total. The second kappa shape index (κ2) is 5.66. The number of anilines is 1. The SMILES string of the molecule is O=C(Nc1cccc(F)c1C(=O)O)c1ccncc1Cl. The maximum atomic E-state index is 13.5. The molecular formula is C13H8ClFN2O3. The summed E-state index contributed by atoms with van der Waals surface area (Å²) in [6.45, 7) is 0. The van der Waals surface area contributed by atoms with Crippen LogP contribution < -0.4 is 5.32 Å². The van der Waals surface area contributed by atoms with Crippen molar-refractivity contribution in [2.45, 2.75) is 0 Å². The van der Waals surface area contributed by atoms with Crippen LogP contribution in [0.1, 0.15) is 20.7 Å². The Labute approximate surface area is 118 Å². The molecule has 0 saturated heterocycles. The summed E-state index contributed by atoms with van der Waals surface area (Å²) in [5.41, 5.74) is -0.635. The van der Waals surface area contributed by atoms with Crippen LogP contribution in [0.4, 0.5) is 10.1 Å². The van der Waals surface area contributed by atoms with E-state index in [2.05, 4.69) is 10.3 Å². The summed E-state index contributed by atoms with van der Waals surface area (Å²) in [6.07, 6.45) is 2.64. The van der Waals surface area contributed by atoms with Gasteiger partial charge in [0.1, 0.15) is 11.4 Å². The molecule has 2 N–H and O–H groups in total. The number of amides is 1. The minimum atomic E-state index is -1.47. The van der Waals surface area contributed by atoms with E-state index in [-0.39, 0.29) is 16.3 Å². The predicted molar refractivity (Wildman–Crippen MR) is 70.6 cm³/mol. The van der Waals surface area contributed by atoms with Crippen molar-refractivity contribution in [1.82, 2.24) is 4.98 Å². The number of aromatic carboxylic acids is 1. The number of carbonyl (C=O) groups excluding carboxylic acids is 1. The van der Waals surface area contributed by atoms with Gasteiger partial charge in [0, 0.05) is 12.4 Å². The largest absolute Gasteiger partial charge is 0.478 e. The molecule has 2 rings (SSSR count). The summed E-state index contributed by atoms with van der Waals surface area (Å²) in [5.74, 6) is -3.05. The highest BCUT2D eigenvalue weighted by atomic mass is 35.5. The average molecular weight is 295 g/mol. The van der Waals surface area contributed by atoms with Crippen LogP contribution >= 0.6 is 11.6 Å². The van der Waals surface area contributed by atoms with Gasteiger partial charge in [-0.3, -0.25) is 9.78 Å². The minimum absolute atomic E-state index is 0.110. The lowest BCUT2D eigenvalue weighted by Crippen LogP contribution is -2.16. The van der Waals surface area contributed by atoms with E-state index in [0.717, 1.165) is 6.07 Å². The van der Waals surface area contributed by atoms with Gasteiger partial charge in [0.15, 0.2) is 0 Å². The van der Waals surface area contributed by atoms with Crippen LogP contribution in [0.5, 0.6) is 0 Å². The fourth-order valence-electron chi connectivity index (χ4n) is 1.59. The number of rotatable bonds is 3. The Bertz CT molecular complexity index is 691. The second-order valence-electron chi connectivity index (χ2n) is 3.78. The molecule has 0 atom stereocenters. The first-order valence-corrected chi connectivity index (χ1v) is 5.81. The van der Waals surface area contributed by atoms with Crippen molar-refractivity contribution in [3.63, 3.8) is 0 Å². The number of halogens is 2. The zero-order chi connectivity index (χ0) is 14.7. The molecule has 0 aliphatic carbocycles. The molecule has 1 aromatic carbocycles. The lowest BCUT2D eigenvalue weighted by atomic mass is 10.1. The topological polar surface area (TPSA) is 79.3 Å². The van der Waals surface area contributed by atoms with E-state index in [1.165, 1.54) is 30.6 Å². The van der Waals surface area contributed by atoms with Gasteiger partial charge in [0.2, 0.25) is 0 Å². The van der Waals surface area contributed by atoms with E-state index < -0.39 is 23.3 Å². The molecule has 0 bridgehead atoms. The molecule has 0 aliphatic rings. The molecule has 0 spiro atoms. The molecule has 0 saturated carbocycles. The average Bonchev–Trinajstić information content (AvgIpc) is 2.38. The van der Waals surface area contributed by atoms with Gasteiger partial charge in [0.25, 0.3) is 5.91 Å². The Morgan fingerprint density at radius 3 is 2.70 bits per heavy atom. The van der Waals surface area contributed by atoms with Crippen LogP contribution in [-0.4, -0.2) is 22.0 Å². The Hall–Kier alpha value is -2.47. The molecule has 20 heavy (non-hydrogen) atoms. The number of nitrogens with zero attached hydrogens (tertiary/aromatic N) is 1. The highest BCUT2D eigenvalue weighted by Gasteiger charge is 2.18. The van der Waals surface area contributed by atoms with E-state index >= 15 is 0 Å². The lowest BCUT2D eigenvalue weighted by Gasteiger charge is -2.09. The van der Waals surface area contributed by atoms with Crippen LogP contribution in [-0.2, 0) is 0 Å². The van der Waals surface area contributed by atoms with Gasteiger partial charge in [-0.2, -0.15) is 0 Å². The first kappa shape index (κ1) is 14.0. The van der Waals surface area contributed by atoms with Crippen LogP contribution in [0.3, 0.4) is 0 Å². The number of carbonyl (C=O) groups is 2. The number of hydrogen-bond donors (Lipinski definition) is 2. The third-order valence-corrected chi connectivity index (χ3v) is 2.79. The van der Waals surface area contributed by atoms with Crippen molar-refractivity contribution in [1.29, 1.82) is 0 Å². The first-order valence-electron chi connectivity index (χ1n) is 5.43. The third-order valence-electron chi connectivity index (χ3n) is 2.49. The minimum Gasteiger partial charge on any atom is -0.478 e. The highest BCUT2D eigenvalue weighted by Crippen LogP contribution is 2.21. The molecule has 2 aromatic rings.